The Morgan fingerprint density at radius 2 is 1.96 bits per heavy atom. The highest BCUT2D eigenvalue weighted by molar-refractivity contribution is 6.31. The summed E-state index contributed by atoms with van der Waals surface area (Å²) in [6.45, 7) is 0. The minimum Gasteiger partial charge on any atom is -0.508 e. The summed E-state index contributed by atoms with van der Waals surface area (Å²) in [7, 11) is 1.39. The SMILES string of the molecule is CNC(=O)c1cc(NC(=O)Cc2ccc(O)cc2Cl)ccc1F. The first-order valence-electron chi connectivity index (χ1n) is 6.69. The van der Waals surface area contributed by atoms with Gasteiger partial charge >= 0.3 is 0 Å². The Balaban J connectivity index is 2.12. The van der Waals surface area contributed by atoms with Crippen LogP contribution in [0.2, 0.25) is 5.02 Å². The summed E-state index contributed by atoms with van der Waals surface area (Å²) in [4.78, 5) is 23.6. The van der Waals surface area contributed by atoms with E-state index in [-0.39, 0.29) is 28.7 Å². The molecule has 0 aliphatic heterocycles. The van der Waals surface area contributed by atoms with E-state index in [1.807, 2.05) is 0 Å². The van der Waals surface area contributed by atoms with Gasteiger partial charge in [0, 0.05) is 17.8 Å². The third-order valence-corrected chi connectivity index (χ3v) is 3.46. The second kappa shape index (κ2) is 7.11. The Kier molecular flexibility index (Phi) is 5.18. The van der Waals surface area contributed by atoms with Crippen molar-refractivity contribution < 1.29 is 19.1 Å². The van der Waals surface area contributed by atoms with Gasteiger partial charge in [-0.15, -0.1) is 0 Å². The Bertz CT molecular complexity index is 765. The summed E-state index contributed by atoms with van der Waals surface area (Å²) in [6, 6.07) is 8.02. The first-order chi connectivity index (χ1) is 10.9. The molecular weight excluding hydrogens is 323 g/mol. The Morgan fingerprint density at radius 3 is 2.61 bits per heavy atom. The van der Waals surface area contributed by atoms with E-state index in [0.29, 0.717) is 11.3 Å². The molecule has 120 valence electrons. The number of nitrogens with one attached hydrogen (secondary N) is 2. The van der Waals surface area contributed by atoms with Gasteiger partial charge in [0.15, 0.2) is 0 Å². The van der Waals surface area contributed by atoms with Crippen molar-refractivity contribution in [2.45, 2.75) is 6.42 Å². The highest BCUT2D eigenvalue weighted by atomic mass is 35.5. The number of carbonyl (C=O) groups excluding carboxylic acids is 2. The second-order valence-electron chi connectivity index (χ2n) is 4.77. The Labute approximate surface area is 137 Å². The fourth-order valence-electron chi connectivity index (χ4n) is 1.97. The maximum Gasteiger partial charge on any atom is 0.254 e. The van der Waals surface area contributed by atoms with Crippen molar-refractivity contribution in [2.24, 2.45) is 0 Å². The normalized spacial score (nSPS) is 10.2. The van der Waals surface area contributed by atoms with Gasteiger partial charge in [0.25, 0.3) is 5.91 Å². The average molecular weight is 337 g/mol. The largest absolute Gasteiger partial charge is 0.508 e. The van der Waals surface area contributed by atoms with Crippen molar-refractivity contribution in [1.82, 2.24) is 5.32 Å². The van der Waals surface area contributed by atoms with Gasteiger partial charge in [0.2, 0.25) is 5.91 Å². The molecule has 0 bridgehead atoms. The number of carbonyl (C=O) groups is 2. The van der Waals surface area contributed by atoms with E-state index >= 15 is 0 Å². The second-order valence-corrected chi connectivity index (χ2v) is 5.18. The molecule has 0 saturated carbocycles. The van der Waals surface area contributed by atoms with E-state index in [2.05, 4.69) is 10.6 Å². The van der Waals surface area contributed by atoms with Crippen LogP contribution >= 0.6 is 11.6 Å². The molecule has 0 atom stereocenters. The number of benzene rings is 2. The lowest BCUT2D eigenvalue weighted by Gasteiger charge is -2.09. The number of rotatable bonds is 4. The quantitative estimate of drug-likeness (QED) is 0.803. The molecule has 5 nitrogen and oxygen atoms in total. The molecular formula is C16H14ClFN2O3. The van der Waals surface area contributed by atoms with E-state index < -0.39 is 11.7 Å². The smallest absolute Gasteiger partial charge is 0.254 e. The Morgan fingerprint density at radius 1 is 1.22 bits per heavy atom. The maximum absolute atomic E-state index is 13.6. The summed E-state index contributed by atoms with van der Waals surface area (Å²) in [6.07, 6.45) is -0.0220. The zero-order chi connectivity index (χ0) is 17.0. The first kappa shape index (κ1) is 16.8. The number of phenolic OH excluding ortho intramolecular Hbond substituents is 1. The molecule has 0 aliphatic carbocycles. The predicted molar refractivity (Wildman–Crippen MR) is 85.2 cm³/mol. The molecule has 0 radical (unpaired) electrons. The lowest BCUT2D eigenvalue weighted by Crippen LogP contribution is -2.20. The molecule has 0 unspecified atom stereocenters. The van der Waals surface area contributed by atoms with Crippen LogP contribution in [0.15, 0.2) is 36.4 Å². The fraction of sp³-hybridized carbons (Fsp3) is 0.125. The van der Waals surface area contributed by atoms with Crippen molar-refractivity contribution >= 4 is 29.1 Å². The van der Waals surface area contributed by atoms with Crippen LogP contribution in [0.1, 0.15) is 15.9 Å². The van der Waals surface area contributed by atoms with Crippen molar-refractivity contribution in [3.05, 3.63) is 58.4 Å². The summed E-state index contributed by atoms with van der Waals surface area (Å²) in [5.41, 5.74) is 0.675. The first-order valence-corrected chi connectivity index (χ1v) is 7.07. The van der Waals surface area contributed by atoms with E-state index in [4.69, 9.17) is 11.6 Å². The fourth-order valence-corrected chi connectivity index (χ4v) is 2.21. The molecule has 23 heavy (non-hydrogen) atoms. The van der Waals surface area contributed by atoms with Crippen molar-refractivity contribution in [3.63, 3.8) is 0 Å². The predicted octanol–water partition coefficient (Wildman–Crippen LogP) is 2.73. The number of halogens is 2. The molecule has 0 spiro atoms. The van der Waals surface area contributed by atoms with E-state index in [1.54, 1.807) is 0 Å². The summed E-state index contributed by atoms with van der Waals surface area (Å²) in [5, 5.41) is 14.4. The number of amides is 2. The van der Waals surface area contributed by atoms with Crippen LogP contribution in [0.3, 0.4) is 0 Å². The molecule has 2 amide bonds. The van der Waals surface area contributed by atoms with Crippen LogP contribution in [0.25, 0.3) is 0 Å². The van der Waals surface area contributed by atoms with Crippen LogP contribution in [-0.2, 0) is 11.2 Å². The monoisotopic (exact) mass is 336 g/mol. The molecule has 0 saturated heterocycles. The highest BCUT2D eigenvalue weighted by Crippen LogP contribution is 2.22. The summed E-state index contributed by atoms with van der Waals surface area (Å²) in [5.74, 6) is -1.64. The molecule has 0 heterocycles. The Hall–Kier alpha value is -2.60. The van der Waals surface area contributed by atoms with Crippen LogP contribution in [0.5, 0.6) is 5.75 Å². The van der Waals surface area contributed by atoms with Crippen molar-refractivity contribution in [1.29, 1.82) is 0 Å². The number of hydrogen-bond acceptors (Lipinski definition) is 3. The van der Waals surface area contributed by atoms with Crippen LogP contribution in [0, 0.1) is 5.82 Å². The van der Waals surface area contributed by atoms with E-state index in [9.17, 15) is 19.1 Å². The zero-order valence-electron chi connectivity index (χ0n) is 12.2. The molecule has 2 aromatic carbocycles. The number of anilines is 1. The van der Waals surface area contributed by atoms with Gasteiger partial charge in [-0.1, -0.05) is 17.7 Å². The molecule has 7 heteroatoms. The number of phenols is 1. The third-order valence-electron chi connectivity index (χ3n) is 3.11. The summed E-state index contributed by atoms with van der Waals surface area (Å²) < 4.78 is 13.6. The lowest BCUT2D eigenvalue weighted by molar-refractivity contribution is -0.115. The highest BCUT2D eigenvalue weighted by Gasteiger charge is 2.13. The third kappa shape index (κ3) is 4.20. The standard InChI is InChI=1S/C16H14ClFN2O3/c1-19-16(23)12-7-10(3-5-14(12)18)20-15(22)6-9-2-4-11(21)8-13(9)17/h2-5,7-8,21H,6H2,1H3,(H,19,23)(H,20,22). The minimum atomic E-state index is -0.677. The number of hydrogen-bond donors (Lipinski definition) is 3. The van der Waals surface area contributed by atoms with Gasteiger partial charge in [0.05, 0.1) is 12.0 Å². The zero-order valence-corrected chi connectivity index (χ0v) is 12.9. The molecule has 0 fully saturated rings. The van der Waals surface area contributed by atoms with Gasteiger partial charge in [0.1, 0.15) is 11.6 Å². The van der Waals surface area contributed by atoms with Crippen molar-refractivity contribution in [2.75, 3.05) is 12.4 Å². The topological polar surface area (TPSA) is 78.4 Å². The molecule has 0 aromatic heterocycles. The summed E-state index contributed by atoms with van der Waals surface area (Å²) >= 11 is 5.94. The van der Waals surface area contributed by atoms with Crippen LogP contribution < -0.4 is 10.6 Å². The van der Waals surface area contributed by atoms with E-state index in [0.717, 1.165) is 6.07 Å². The molecule has 3 N–H and O–H groups in total. The molecule has 0 aliphatic rings. The lowest BCUT2D eigenvalue weighted by atomic mass is 10.1. The van der Waals surface area contributed by atoms with Gasteiger partial charge in [-0.2, -0.15) is 0 Å². The van der Waals surface area contributed by atoms with Crippen LogP contribution in [0.4, 0.5) is 10.1 Å². The average Bonchev–Trinajstić information content (AvgIpc) is 2.51. The van der Waals surface area contributed by atoms with Gasteiger partial charge in [-0.05, 0) is 35.9 Å². The molecule has 2 rings (SSSR count). The van der Waals surface area contributed by atoms with E-state index in [1.165, 1.54) is 37.4 Å². The minimum absolute atomic E-state index is 0.00733. The molecule has 2 aromatic rings. The van der Waals surface area contributed by atoms with Crippen LogP contribution in [-0.4, -0.2) is 24.0 Å². The van der Waals surface area contributed by atoms with Gasteiger partial charge in [-0.25, -0.2) is 4.39 Å². The number of aromatic hydroxyl groups is 1. The van der Waals surface area contributed by atoms with Gasteiger partial charge < -0.3 is 15.7 Å². The van der Waals surface area contributed by atoms with Gasteiger partial charge in [-0.3, -0.25) is 9.59 Å². The van der Waals surface area contributed by atoms with Crippen molar-refractivity contribution in [3.8, 4) is 5.75 Å². The maximum atomic E-state index is 13.6.